The monoisotopic (exact) mass is 269 g/mol. The largest absolute Gasteiger partial charge is 0.327 e. The maximum absolute atomic E-state index is 6.34. The molecule has 0 amide bonds. The number of fused-ring (bicyclic) bond motifs is 1. The fourth-order valence-electron chi connectivity index (χ4n) is 2.40. The van der Waals surface area contributed by atoms with Gasteiger partial charge in [0.05, 0.1) is 0 Å². The van der Waals surface area contributed by atoms with Gasteiger partial charge >= 0.3 is 0 Å². The number of hydrogen-bond donors (Lipinski definition) is 0. The van der Waals surface area contributed by atoms with Gasteiger partial charge in [-0.05, 0) is 29.7 Å². The minimum absolute atomic E-state index is 0.792. The molecule has 0 aliphatic carbocycles. The third-order valence-corrected chi connectivity index (χ3v) is 3.85. The van der Waals surface area contributed by atoms with Crippen LogP contribution in [0.4, 0.5) is 0 Å². The molecule has 0 spiro atoms. The van der Waals surface area contributed by atoms with Crippen LogP contribution in [-0.4, -0.2) is 4.57 Å². The summed E-state index contributed by atoms with van der Waals surface area (Å²) in [4.78, 5) is 0. The van der Waals surface area contributed by atoms with Gasteiger partial charge in [0.15, 0.2) is 0 Å². The van der Waals surface area contributed by atoms with E-state index in [1.165, 1.54) is 22.0 Å². The molecule has 0 saturated carbocycles. The number of benzene rings is 2. The number of halogens is 1. The van der Waals surface area contributed by atoms with Crippen molar-refractivity contribution in [3.8, 4) is 0 Å². The van der Waals surface area contributed by atoms with E-state index in [9.17, 15) is 0 Å². The molecule has 0 saturated heterocycles. The van der Waals surface area contributed by atoms with Crippen molar-refractivity contribution in [2.75, 3.05) is 0 Å². The van der Waals surface area contributed by atoms with Gasteiger partial charge in [-0.25, -0.2) is 0 Å². The molecule has 0 N–H and O–H groups in total. The Kier molecular flexibility index (Phi) is 3.31. The van der Waals surface area contributed by atoms with E-state index in [2.05, 4.69) is 54.0 Å². The number of aryl methyl sites for hydroxylation is 1. The van der Waals surface area contributed by atoms with Crippen molar-refractivity contribution in [2.24, 2.45) is 0 Å². The van der Waals surface area contributed by atoms with Crippen LogP contribution in [0, 0.1) is 0 Å². The van der Waals surface area contributed by atoms with Gasteiger partial charge in [-0.2, -0.15) is 0 Å². The number of para-hydroxylation sites is 1. The normalized spacial score (nSPS) is 11.1. The van der Waals surface area contributed by atoms with Crippen LogP contribution < -0.4 is 0 Å². The van der Waals surface area contributed by atoms with Crippen molar-refractivity contribution < 1.29 is 0 Å². The zero-order chi connectivity index (χ0) is 13.2. The molecule has 2 aromatic carbocycles. The maximum Gasteiger partial charge on any atom is 0.110 e. The van der Waals surface area contributed by atoms with E-state index in [0.717, 1.165) is 18.1 Å². The van der Waals surface area contributed by atoms with E-state index < -0.39 is 0 Å². The van der Waals surface area contributed by atoms with Gasteiger partial charge in [-0.1, -0.05) is 61.0 Å². The fraction of sp³-hybridized carbons (Fsp3) is 0.176. The first-order chi connectivity index (χ1) is 9.28. The smallest absolute Gasteiger partial charge is 0.110 e. The Morgan fingerprint density at radius 3 is 2.37 bits per heavy atom. The Labute approximate surface area is 118 Å². The van der Waals surface area contributed by atoms with E-state index in [-0.39, 0.29) is 0 Å². The summed E-state index contributed by atoms with van der Waals surface area (Å²) in [5.41, 5.74) is 3.83. The van der Waals surface area contributed by atoms with E-state index in [4.69, 9.17) is 11.6 Å². The van der Waals surface area contributed by atoms with Crippen LogP contribution in [0.2, 0.25) is 5.15 Å². The van der Waals surface area contributed by atoms with Crippen molar-refractivity contribution in [2.45, 2.75) is 19.9 Å². The topological polar surface area (TPSA) is 4.93 Å². The molecular formula is C17H16ClN. The van der Waals surface area contributed by atoms with Crippen molar-refractivity contribution in [3.05, 3.63) is 70.9 Å². The van der Waals surface area contributed by atoms with Crippen LogP contribution in [0.5, 0.6) is 0 Å². The molecule has 0 unspecified atom stereocenters. The average molecular weight is 270 g/mol. The van der Waals surface area contributed by atoms with E-state index in [1.54, 1.807) is 0 Å². The summed E-state index contributed by atoms with van der Waals surface area (Å²) in [6.45, 7) is 2.99. The van der Waals surface area contributed by atoms with Crippen LogP contribution in [0.3, 0.4) is 0 Å². The number of rotatable bonds is 3. The Hall–Kier alpha value is -1.73. The summed E-state index contributed by atoms with van der Waals surface area (Å²) >= 11 is 6.34. The molecule has 1 heterocycles. The van der Waals surface area contributed by atoms with Crippen molar-refractivity contribution in [1.29, 1.82) is 0 Å². The van der Waals surface area contributed by atoms with Gasteiger partial charge in [0.25, 0.3) is 0 Å². The highest BCUT2D eigenvalue weighted by Gasteiger charge is 2.06. The van der Waals surface area contributed by atoms with Crippen LogP contribution in [0.25, 0.3) is 10.9 Å². The predicted molar refractivity (Wildman–Crippen MR) is 81.9 cm³/mol. The quantitative estimate of drug-likeness (QED) is 0.637. The molecule has 0 atom stereocenters. The number of hydrogen-bond acceptors (Lipinski definition) is 0. The van der Waals surface area contributed by atoms with Gasteiger partial charge < -0.3 is 4.57 Å². The van der Waals surface area contributed by atoms with Crippen LogP contribution >= 0.6 is 11.6 Å². The van der Waals surface area contributed by atoms with Crippen molar-refractivity contribution >= 4 is 22.5 Å². The summed E-state index contributed by atoms with van der Waals surface area (Å²) in [6, 6.07) is 19.1. The van der Waals surface area contributed by atoms with E-state index in [1.807, 2.05) is 12.1 Å². The molecule has 3 rings (SSSR count). The first-order valence-electron chi connectivity index (χ1n) is 6.59. The highest BCUT2D eigenvalue weighted by atomic mass is 35.5. The first-order valence-corrected chi connectivity index (χ1v) is 6.97. The highest BCUT2D eigenvalue weighted by Crippen LogP contribution is 2.24. The molecular weight excluding hydrogens is 254 g/mol. The minimum atomic E-state index is 0.792. The highest BCUT2D eigenvalue weighted by molar-refractivity contribution is 6.31. The molecule has 0 aliphatic rings. The van der Waals surface area contributed by atoms with Gasteiger partial charge in [0, 0.05) is 17.4 Å². The molecule has 2 heteroatoms. The Morgan fingerprint density at radius 1 is 0.947 bits per heavy atom. The summed E-state index contributed by atoms with van der Waals surface area (Å²) in [5, 5.41) is 1.98. The van der Waals surface area contributed by atoms with Crippen molar-refractivity contribution in [3.63, 3.8) is 0 Å². The molecule has 1 nitrogen and oxygen atoms in total. The molecule has 96 valence electrons. The lowest BCUT2D eigenvalue weighted by atomic mass is 10.1. The lowest BCUT2D eigenvalue weighted by Gasteiger charge is -2.08. The van der Waals surface area contributed by atoms with Crippen LogP contribution in [0.15, 0.2) is 54.6 Å². The molecule has 0 radical (unpaired) electrons. The van der Waals surface area contributed by atoms with E-state index >= 15 is 0 Å². The number of nitrogens with zero attached hydrogens (tertiary/aromatic N) is 1. The Balaban J connectivity index is 1.98. The SMILES string of the molecule is CCc1ccc(Cn2c(Cl)cc3ccccc32)cc1. The molecule has 0 fully saturated rings. The third kappa shape index (κ3) is 2.39. The third-order valence-electron chi connectivity index (χ3n) is 3.53. The average Bonchev–Trinajstić information content (AvgIpc) is 2.76. The lowest BCUT2D eigenvalue weighted by molar-refractivity contribution is 0.837. The Bertz CT molecular complexity index is 695. The van der Waals surface area contributed by atoms with Gasteiger partial charge in [-0.15, -0.1) is 0 Å². The van der Waals surface area contributed by atoms with E-state index in [0.29, 0.717) is 0 Å². The minimum Gasteiger partial charge on any atom is -0.327 e. The zero-order valence-electron chi connectivity index (χ0n) is 10.9. The summed E-state index contributed by atoms with van der Waals surface area (Å²) < 4.78 is 2.15. The summed E-state index contributed by atoms with van der Waals surface area (Å²) in [5.74, 6) is 0. The second-order valence-electron chi connectivity index (χ2n) is 4.78. The molecule has 3 aromatic rings. The standard InChI is InChI=1S/C17H16ClN/c1-2-13-7-9-14(10-8-13)12-19-16-6-4-3-5-15(16)11-17(19)18/h3-11H,2,12H2,1H3. The van der Waals surface area contributed by atoms with Crippen LogP contribution in [-0.2, 0) is 13.0 Å². The fourth-order valence-corrected chi connectivity index (χ4v) is 2.67. The number of aromatic nitrogens is 1. The first kappa shape index (κ1) is 12.3. The molecule has 19 heavy (non-hydrogen) atoms. The predicted octanol–water partition coefficient (Wildman–Crippen LogP) is 4.91. The summed E-state index contributed by atoms with van der Waals surface area (Å²) in [7, 11) is 0. The van der Waals surface area contributed by atoms with Gasteiger partial charge in [-0.3, -0.25) is 0 Å². The molecule has 1 aromatic heterocycles. The van der Waals surface area contributed by atoms with Gasteiger partial charge in [0.2, 0.25) is 0 Å². The molecule has 0 aliphatic heterocycles. The Morgan fingerprint density at radius 2 is 1.63 bits per heavy atom. The summed E-state index contributed by atoms with van der Waals surface area (Å²) in [6.07, 6.45) is 1.08. The molecule has 0 bridgehead atoms. The van der Waals surface area contributed by atoms with Crippen LogP contribution in [0.1, 0.15) is 18.1 Å². The van der Waals surface area contributed by atoms with Gasteiger partial charge in [0.1, 0.15) is 5.15 Å². The second kappa shape index (κ2) is 5.10. The van der Waals surface area contributed by atoms with Crippen molar-refractivity contribution in [1.82, 2.24) is 4.57 Å². The maximum atomic E-state index is 6.34. The lowest BCUT2D eigenvalue weighted by Crippen LogP contribution is -1.99. The zero-order valence-corrected chi connectivity index (χ0v) is 11.7. The second-order valence-corrected chi connectivity index (χ2v) is 5.17.